The number of hydrogen-bond donors (Lipinski definition) is 2. The van der Waals surface area contributed by atoms with Gasteiger partial charge in [0.05, 0.1) is 13.1 Å². The van der Waals surface area contributed by atoms with E-state index in [0.717, 1.165) is 24.2 Å². The lowest BCUT2D eigenvalue weighted by atomic mass is 10.00. The Labute approximate surface area is 110 Å². The predicted octanol–water partition coefficient (Wildman–Crippen LogP) is -1.28. The molecule has 0 aliphatic rings. The van der Waals surface area contributed by atoms with Crippen molar-refractivity contribution in [1.29, 1.82) is 0 Å². The molecule has 96 valence electrons. The fraction of sp³-hybridized carbons (Fsp3) is 0.429. The van der Waals surface area contributed by atoms with Gasteiger partial charge in [0, 0.05) is 5.57 Å². The van der Waals surface area contributed by atoms with Crippen LogP contribution >= 0.6 is 0 Å². The Morgan fingerprint density at radius 1 is 1.24 bits per heavy atom. The van der Waals surface area contributed by atoms with E-state index in [9.17, 15) is 5.11 Å². The Morgan fingerprint density at radius 2 is 1.71 bits per heavy atom. The average Bonchev–Trinajstić information content (AvgIpc) is 2.30. The van der Waals surface area contributed by atoms with E-state index in [1.807, 2.05) is 12.1 Å². The molecule has 0 spiro atoms. The highest BCUT2D eigenvalue weighted by Gasteiger charge is 2.18. The predicted molar refractivity (Wildman–Crippen MR) is 68.6 cm³/mol. The molecule has 0 fully saturated rings. The molecule has 3 heteroatoms. The molecule has 0 aliphatic heterocycles. The molecule has 0 aliphatic carbocycles. The average molecular weight is 256 g/mol. The SMILES string of the molecule is C=C(c1ccc(O)cc1)C(C)[NH+](CC)CC.[Cl-]. The third kappa shape index (κ3) is 4.06. The normalized spacial score (nSPS) is 12.0. The number of hydrogen-bond acceptors (Lipinski definition) is 1. The molecule has 1 unspecified atom stereocenters. The highest BCUT2D eigenvalue weighted by Crippen LogP contribution is 2.18. The highest BCUT2D eigenvalue weighted by molar-refractivity contribution is 5.66. The Hall–Kier alpha value is -0.990. The van der Waals surface area contributed by atoms with Crippen molar-refractivity contribution in [2.45, 2.75) is 26.8 Å². The third-order valence-electron chi connectivity index (χ3n) is 3.28. The first-order valence-electron chi connectivity index (χ1n) is 5.92. The van der Waals surface area contributed by atoms with Crippen LogP contribution in [0.1, 0.15) is 26.3 Å². The first-order valence-corrected chi connectivity index (χ1v) is 5.92. The molecule has 0 radical (unpaired) electrons. The summed E-state index contributed by atoms with van der Waals surface area (Å²) < 4.78 is 0. The molecular formula is C14H22ClNO. The number of quaternary nitrogens is 1. The zero-order valence-corrected chi connectivity index (χ0v) is 11.6. The van der Waals surface area contributed by atoms with Crippen LogP contribution in [0.15, 0.2) is 30.8 Å². The minimum absolute atomic E-state index is 0. The van der Waals surface area contributed by atoms with Crippen LogP contribution in [0, 0.1) is 0 Å². The molecule has 1 aromatic carbocycles. The molecule has 2 nitrogen and oxygen atoms in total. The van der Waals surface area contributed by atoms with Gasteiger partial charge in [0.1, 0.15) is 11.8 Å². The van der Waals surface area contributed by atoms with E-state index in [1.165, 1.54) is 4.90 Å². The monoisotopic (exact) mass is 255 g/mol. The van der Waals surface area contributed by atoms with Gasteiger partial charge in [-0.3, -0.25) is 0 Å². The van der Waals surface area contributed by atoms with Gasteiger partial charge < -0.3 is 22.4 Å². The molecule has 1 rings (SSSR count). The van der Waals surface area contributed by atoms with Crippen molar-refractivity contribution < 1.29 is 22.4 Å². The maximum Gasteiger partial charge on any atom is 0.115 e. The van der Waals surface area contributed by atoms with Crippen LogP contribution in [-0.2, 0) is 0 Å². The van der Waals surface area contributed by atoms with Gasteiger partial charge in [0.25, 0.3) is 0 Å². The molecule has 0 bridgehead atoms. The Balaban J connectivity index is 0.00000256. The van der Waals surface area contributed by atoms with Gasteiger partial charge in [-0.25, -0.2) is 0 Å². The molecule has 0 saturated carbocycles. The van der Waals surface area contributed by atoms with Crippen molar-refractivity contribution in [2.75, 3.05) is 13.1 Å². The lowest BCUT2D eigenvalue weighted by Crippen LogP contribution is -3.14. The lowest BCUT2D eigenvalue weighted by Gasteiger charge is -2.25. The first-order chi connectivity index (χ1) is 7.60. The van der Waals surface area contributed by atoms with Gasteiger partial charge in [-0.15, -0.1) is 0 Å². The molecule has 2 N–H and O–H groups in total. The van der Waals surface area contributed by atoms with Crippen molar-refractivity contribution in [3.8, 4) is 5.75 Å². The Morgan fingerprint density at radius 3 is 2.12 bits per heavy atom. The van der Waals surface area contributed by atoms with Gasteiger partial charge >= 0.3 is 0 Å². The van der Waals surface area contributed by atoms with E-state index in [1.54, 1.807) is 12.1 Å². The molecule has 1 atom stereocenters. The molecular weight excluding hydrogens is 234 g/mol. The van der Waals surface area contributed by atoms with Crippen LogP contribution in [0.4, 0.5) is 0 Å². The quantitative estimate of drug-likeness (QED) is 0.674. The van der Waals surface area contributed by atoms with Gasteiger partial charge in [0.15, 0.2) is 0 Å². The lowest BCUT2D eigenvalue weighted by molar-refractivity contribution is -0.911. The minimum atomic E-state index is 0. The van der Waals surface area contributed by atoms with E-state index < -0.39 is 0 Å². The number of halogens is 1. The van der Waals surface area contributed by atoms with E-state index in [0.29, 0.717) is 11.8 Å². The van der Waals surface area contributed by atoms with Crippen LogP contribution in [0.25, 0.3) is 5.57 Å². The minimum Gasteiger partial charge on any atom is -1.00 e. The van der Waals surface area contributed by atoms with Crippen LogP contribution in [0.2, 0.25) is 0 Å². The molecule has 0 saturated heterocycles. The third-order valence-corrected chi connectivity index (χ3v) is 3.28. The van der Waals surface area contributed by atoms with Gasteiger partial charge in [-0.05, 0) is 38.5 Å². The van der Waals surface area contributed by atoms with Crippen LogP contribution in [-0.4, -0.2) is 24.2 Å². The maximum absolute atomic E-state index is 9.24. The zero-order chi connectivity index (χ0) is 12.1. The second-order valence-corrected chi connectivity index (χ2v) is 4.16. The van der Waals surface area contributed by atoms with Crippen molar-refractivity contribution in [3.05, 3.63) is 36.4 Å². The van der Waals surface area contributed by atoms with E-state index >= 15 is 0 Å². The summed E-state index contributed by atoms with van der Waals surface area (Å²) in [6.45, 7) is 13.0. The highest BCUT2D eigenvalue weighted by atomic mass is 35.5. The number of nitrogens with one attached hydrogen (secondary N) is 1. The van der Waals surface area contributed by atoms with Crippen molar-refractivity contribution in [1.82, 2.24) is 0 Å². The molecule has 0 heterocycles. The Bertz CT molecular complexity index is 344. The summed E-state index contributed by atoms with van der Waals surface area (Å²) in [5.74, 6) is 0.305. The molecule has 17 heavy (non-hydrogen) atoms. The maximum atomic E-state index is 9.24. The standard InChI is InChI=1S/C14H21NO.ClH/c1-5-15(6-2)12(4)11(3)13-7-9-14(16)10-8-13;/h7-10,12,16H,3,5-6H2,1-2,4H3;1H. The van der Waals surface area contributed by atoms with Gasteiger partial charge in [-0.1, -0.05) is 18.7 Å². The van der Waals surface area contributed by atoms with Crippen LogP contribution < -0.4 is 17.3 Å². The van der Waals surface area contributed by atoms with Crippen LogP contribution in [0.5, 0.6) is 5.75 Å². The van der Waals surface area contributed by atoms with Crippen molar-refractivity contribution in [3.63, 3.8) is 0 Å². The fourth-order valence-corrected chi connectivity index (χ4v) is 2.03. The fourth-order valence-electron chi connectivity index (χ4n) is 2.03. The molecule has 0 aromatic heterocycles. The number of benzene rings is 1. The number of phenolic OH excluding ortho intramolecular Hbond substituents is 1. The van der Waals surface area contributed by atoms with Crippen molar-refractivity contribution in [2.24, 2.45) is 0 Å². The summed E-state index contributed by atoms with van der Waals surface area (Å²) in [4.78, 5) is 1.53. The zero-order valence-electron chi connectivity index (χ0n) is 10.8. The van der Waals surface area contributed by atoms with Crippen LogP contribution in [0.3, 0.4) is 0 Å². The number of rotatable bonds is 5. The number of phenols is 1. The van der Waals surface area contributed by atoms with Crippen molar-refractivity contribution >= 4 is 5.57 Å². The summed E-state index contributed by atoms with van der Waals surface area (Å²) in [5.41, 5.74) is 2.25. The number of aromatic hydroxyl groups is 1. The summed E-state index contributed by atoms with van der Waals surface area (Å²) in [7, 11) is 0. The smallest absolute Gasteiger partial charge is 0.115 e. The second-order valence-electron chi connectivity index (χ2n) is 4.16. The second kappa shape index (κ2) is 7.36. The molecule has 1 aromatic rings. The van der Waals surface area contributed by atoms with E-state index in [4.69, 9.17) is 0 Å². The van der Waals surface area contributed by atoms with E-state index in [-0.39, 0.29) is 12.4 Å². The topological polar surface area (TPSA) is 24.7 Å². The summed E-state index contributed by atoms with van der Waals surface area (Å²) in [6, 6.07) is 7.70. The summed E-state index contributed by atoms with van der Waals surface area (Å²) >= 11 is 0. The van der Waals surface area contributed by atoms with Gasteiger partial charge in [0.2, 0.25) is 0 Å². The largest absolute Gasteiger partial charge is 1.00 e. The first kappa shape index (κ1) is 16.0. The van der Waals surface area contributed by atoms with Gasteiger partial charge in [-0.2, -0.15) is 0 Å². The summed E-state index contributed by atoms with van der Waals surface area (Å²) in [5, 5.41) is 9.24. The molecule has 0 amide bonds. The van der Waals surface area contributed by atoms with E-state index in [2.05, 4.69) is 27.4 Å². The number of likely N-dealkylation sites (N-methyl/N-ethyl adjacent to an activating group) is 1. The Kier molecular flexibility index (Phi) is 6.93. The summed E-state index contributed by atoms with van der Waals surface area (Å²) in [6.07, 6.45) is 0.